The van der Waals surface area contributed by atoms with Gasteiger partial charge in [0.05, 0.1) is 16.4 Å². The second kappa shape index (κ2) is 6.01. The van der Waals surface area contributed by atoms with E-state index >= 15 is 0 Å². The Morgan fingerprint density at radius 2 is 2.35 bits per heavy atom. The average Bonchev–Trinajstić information content (AvgIpc) is 2.67. The Bertz CT molecular complexity index is 342. The maximum Gasteiger partial charge on any atom is 0.0635 e. The highest BCUT2D eigenvalue weighted by Gasteiger charge is 2.26. The minimum atomic E-state index is 0.653. The first-order valence-electron chi connectivity index (χ1n) is 6.63. The van der Waals surface area contributed by atoms with E-state index in [1.54, 1.807) is 0 Å². The molecule has 96 valence electrons. The van der Waals surface area contributed by atoms with Gasteiger partial charge >= 0.3 is 0 Å². The summed E-state index contributed by atoms with van der Waals surface area (Å²) in [6, 6.07) is 0.690. The average molecular weight is 300 g/mol. The van der Waals surface area contributed by atoms with E-state index in [1.165, 1.54) is 42.3 Å². The van der Waals surface area contributed by atoms with Crippen molar-refractivity contribution in [2.45, 2.75) is 51.0 Å². The Kier molecular flexibility index (Phi) is 4.62. The molecule has 0 spiro atoms. The molecule has 0 radical (unpaired) electrons. The van der Waals surface area contributed by atoms with E-state index in [0.29, 0.717) is 12.0 Å². The van der Waals surface area contributed by atoms with Crippen LogP contribution in [0.3, 0.4) is 0 Å². The Labute approximate surface area is 112 Å². The van der Waals surface area contributed by atoms with Gasteiger partial charge in [-0.2, -0.15) is 5.10 Å². The van der Waals surface area contributed by atoms with Gasteiger partial charge in [-0.15, -0.1) is 0 Å². The van der Waals surface area contributed by atoms with E-state index < -0.39 is 0 Å². The van der Waals surface area contributed by atoms with Crippen LogP contribution in [0.4, 0.5) is 0 Å². The number of hydrogen-bond acceptors (Lipinski definition) is 2. The molecule has 2 atom stereocenters. The Balaban J connectivity index is 2.02. The molecule has 2 rings (SSSR count). The van der Waals surface area contributed by atoms with Crippen LogP contribution < -0.4 is 5.32 Å². The standard InChI is InChI=1S/C13H22BrN3/c1-3-7-15-11-6-4-5-10(8-11)13-12(14)9-16-17(13)2/h9-11,15H,3-8H2,1-2H3. The molecule has 1 aliphatic rings. The molecular weight excluding hydrogens is 278 g/mol. The summed E-state index contributed by atoms with van der Waals surface area (Å²) >= 11 is 3.62. The Hall–Kier alpha value is -0.350. The van der Waals surface area contributed by atoms with E-state index in [0.717, 1.165) is 6.54 Å². The predicted molar refractivity (Wildman–Crippen MR) is 74.2 cm³/mol. The van der Waals surface area contributed by atoms with E-state index in [9.17, 15) is 0 Å². The third kappa shape index (κ3) is 3.10. The summed E-state index contributed by atoms with van der Waals surface area (Å²) < 4.78 is 3.19. The zero-order valence-electron chi connectivity index (χ0n) is 10.7. The summed E-state index contributed by atoms with van der Waals surface area (Å²) in [5.74, 6) is 0.653. The fraction of sp³-hybridized carbons (Fsp3) is 0.769. The lowest BCUT2D eigenvalue weighted by Crippen LogP contribution is -2.34. The molecular formula is C13H22BrN3. The molecule has 1 aliphatic carbocycles. The monoisotopic (exact) mass is 299 g/mol. The fourth-order valence-electron chi connectivity index (χ4n) is 2.85. The highest BCUT2D eigenvalue weighted by Crippen LogP contribution is 2.36. The molecule has 0 saturated heterocycles. The number of nitrogens with zero attached hydrogens (tertiary/aromatic N) is 2. The first-order valence-corrected chi connectivity index (χ1v) is 7.42. The third-order valence-corrected chi connectivity index (χ3v) is 4.29. The van der Waals surface area contributed by atoms with Gasteiger partial charge in [-0.1, -0.05) is 13.3 Å². The highest BCUT2D eigenvalue weighted by atomic mass is 79.9. The van der Waals surface area contributed by atoms with E-state index in [1.807, 2.05) is 17.9 Å². The van der Waals surface area contributed by atoms with Crippen LogP contribution in [0.15, 0.2) is 10.7 Å². The lowest BCUT2D eigenvalue weighted by Gasteiger charge is -2.30. The second-order valence-electron chi connectivity index (χ2n) is 5.02. The molecule has 0 aromatic carbocycles. The molecule has 4 heteroatoms. The van der Waals surface area contributed by atoms with Crippen molar-refractivity contribution in [2.75, 3.05) is 6.54 Å². The highest BCUT2D eigenvalue weighted by molar-refractivity contribution is 9.10. The van der Waals surface area contributed by atoms with E-state index in [2.05, 4.69) is 33.3 Å². The van der Waals surface area contributed by atoms with E-state index in [4.69, 9.17) is 0 Å². The van der Waals surface area contributed by atoms with Crippen LogP contribution in [-0.4, -0.2) is 22.4 Å². The zero-order chi connectivity index (χ0) is 12.3. The van der Waals surface area contributed by atoms with Crippen LogP contribution in [0.5, 0.6) is 0 Å². The molecule has 1 heterocycles. The molecule has 1 N–H and O–H groups in total. The van der Waals surface area contributed by atoms with Gasteiger partial charge in [0.15, 0.2) is 0 Å². The summed E-state index contributed by atoms with van der Waals surface area (Å²) in [5.41, 5.74) is 1.37. The number of hydrogen-bond donors (Lipinski definition) is 1. The first kappa shape index (κ1) is 13.1. The van der Waals surface area contributed by atoms with Crippen LogP contribution in [-0.2, 0) is 7.05 Å². The molecule has 0 bridgehead atoms. The smallest absolute Gasteiger partial charge is 0.0635 e. The van der Waals surface area contributed by atoms with Crippen molar-refractivity contribution in [1.82, 2.24) is 15.1 Å². The molecule has 1 fully saturated rings. The minimum Gasteiger partial charge on any atom is -0.314 e. The van der Waals surface area contributed by atoms with Crippen LogP contribution in [0.25, 0.3) is 0 Å². The molecule has 0 aliphatic heterocycles. The molecule has 3 nitrogen and oxygen atoms in total. The topological polar surface area (TPSA) is 29.9 Å². The van der Waals surface area contributed by atoms with Gasteiger partial charge in [-0.25, -0.2) is 0 Å². The number of halogens is 1. The van der Waals surface area contributed by atoms with Crippen molar-refractivity contribution in [1.29, 1.82) is 0 Å². The zero-order valence-corrected chi connectivity index (χ0v) is 12.3. The minimum absolute atomic E-state index is 0.653. The molecule has 17 heavy (non-hydrogen) atoms. The van der Waals surface area contributed by atoms with Gasteiger partial charge in [0.1, 0.15) is 0 Å². The van der Waals surface area contributed by atoms with Crippen molar-refractivity contribution in [3.63, 3.8) is 0 Å². The second-order valence-corrected chi connectivity index (χ2v) is 5.87. The largest absolute Gasteiger partial charge is 0.314 e. The van der Waals surface area contributed by atoms with Gasteiger partial charge in [0.25, 0.3) is 0 Å². The van der Waals surface area contributed by atoms with Crippen molar-refractivity contribution >= 4 is 15.9 Å². The fourth-order valence-corrected chi connectivity index (χ4v) is 3.52. The predicted octanol–water partition coefficient (Wildman–Crippen LogP) is 3.21. The Morgan fingerprint density at radius 1 is 1.53 bits per heavy atom. The molecule has 1 aromatic rings. The Morgan fingerprint density at radius 3 is 3.00 bits per heavy atom. The van der Waals surface area contributed by atoms with Crippen molar-refractivity contribution in [2.24, 2.45) is 7.05 Å². The van der Waals surface area contributed by atoms with Crippen molar-refractivity contribution in [3.05, 3.63) is 16.4 Å². The number of rotatable bonds is 4. The lowest BCUT2D eigenvalue weighted by molar-refractivity contribution is 0.331. The summed E-state index contributed by atoms with van der Waals surface area (Å²) in [6.45, 7) is 3.37. The summed E-state index contributed by atoms with van der Waals surface area (Å²) in [5, 5.41) is 7.99. The van der Waals surface area contributed by atoms with Gasteiger partial charge < -0.3 is 5.32 Å². The molecule has 1 aromatic heterocycles. The maximum absolute atomic E-state index is 4.33. The lowest BCUT2D eigenvalue weighted by atomic mass is 9.83. The SMILES string of the molecule is CCCNC1CCCC(c2c(Br)cnn2C)C1. The number of nitrogens with one attached hydrogen (secondary N) is 1. The normalized spacial score (nSPS) is 25.1. The van der Waals surface area contributed by atoms with Crippen LogP contribution in [0, 0.1) is 0 Å². The van der Waals surface area contributed by atoms with Gasteiger partial charge in [0.2, 0.25) is 0 Å². The third-order valence-electron chi connectivity index (χ3n) is 3.68. The van der Waals surface area contributed by atoms with Crippen molar-refractivity contribution < 1.29 is 0 Å². The molecule has 0 amide bonds. The summed E-state index contributed by atoms with van der Waals surface area (Å²) in [4.78, 5) is 0. The maximum atomic E-state index is 4.33. The quantitative estimate of drug-likeness (QED) is 0.925. The van der Waals surface area contributed by atoms with Crippen LogP contribution in [0.1, 0.15) is 50.6 Å². The van der Waals surface area contributed by atoms with Gasteiger partial charge in [-0.05, 0) is 48.2 Å². The van der Waals surface area contributed by atoms with Crippen LogP contribution in [0.2, 0.25) is 0 Å². The first-order chi connectivity index (χ1) is 8.22. The van der Waals surface area contributed by atoms with Gasteiger partial charge in [0, 0.05) is 19.0 Å². The molecule has 1 saturated carbocycles. The van der Waals surface area contributed by atoms with Crippen LogP contribution >= 0.6 is 15.9 Å². The summed E-state index contributed by atoms with van der Waals surface area (Å²) in [7, 11) is 2.04. The molecule has 2 unspecified atom stereocenters. The summed E-state index contributed by atoms with van der Waals surface area (Å²) in [6.07, 6.45) is 8.32. The van der Waals surface area contributed by atoms with Gasteiger partial charge in [-0.3, -0.25) is 4.68 Å². The number of aromatic nitrogens is 2. The van der Waals surface area contributed by atoms with E-state index in [-0.39, 0.29) is 0 Å². The van der Waals surface area contributed by atoms with Crippen molar-refractivity contribution in [3.8, 4) is 0 Å². The number of aryl methyl sites for hydroxylation is 1.